The van der Waals surface area contributed by atoms with Gasteiger partial charge in [0.1, 0.15) is 97.7 Å². The summed E-state index contributed by atoms with van der Waals surface area (Å²) in [6.07, 6.45) is -19.5. The summed E-state index contributed by atoms with van der Waals surface area (Å²) in [4.78, 5) is 19.6. The zero-order valence-electron chi connectivity index (χ0n) is 63.4. The molecule has 26 atom stereocenters. The van der Waals surface area contributed by atoms with Gasteiger partial charge in [0.2, 0.25) is 34.7 Å². The molecule has 0 bridgehead atoms. The van der Waals surface area contributed by atoms with E-state index in [9.17, 15) is 53.8 Å². The fourth-order valence-corrected chi connectivity index (χ4v) is 13.4. The van der Waals surface area contributed by atoms with Crippen molar-refractivity contribution in [3.63, 3.8) is 0 Å². The molecule has 8 heterocycles. The fourth-order valence-electron chi connectivity index (χ4n) is 12.5. The molecule has 0 aliphatic carbocycles. The van der Waals surface area contributed by atoms with Crippen LogP contribution in [0.5, 0.6) is 0 Å². The van der Waals surface area contributed by atoms with Crippen LogP contribution in [-0.2, 0) is 150 Å². The van der Waals surface area contributed by atoms with Gasteiger partial charge in [0.15, 0.2) is 36.7 Å². The third-order valence-corrected chi connectivity index (χ3v) is 21.0. The normalized spacial score (nSPS) is 39.1. The Morgan fingerprint density at radius 1 is 0.367 bits per heavy atom. The SMILES string of the molecule is CC(=O)C(C)=O.CO[C@@]1(C)O[C@@H]2[C@@H](O)[C@H](OCc3ccccc3)O[C@H](CO)[C@H]2O[C@]1(C)OC.CO[C@]1(C)O[C@@H]2[C@@H](O[C@@]1(C)OC)[C@H](OCc1ccccc1)O[C@@H]1COS(=O)(=O)O[C@@H]21.CO[C@]1(C)O[C@H]2[C@H](OCc3ccccc3)O[C@H](CO)[C@@H](O)[C@@H]2O[C@@]1(C)OC.OC[C@H]1O[C@@H](OCc2ccccc2)[C@H](O)[C@@H](O)[C@@H]1O. The number of aliphatic hydroxyl groups excluding tert-OH is 8. The van der Waals surface area contributed by atoms with Crippen LogP contribution in [0.1, 0.15) is 77.6 Å². The molecule has 0 spiro atoms. The van der Waals surface area contributed by atoms with Gasteiger partial charge in [-0.25, -0.2) is 8.37 Å². The minimum absolute atomic E-state index is 0.198. The lowest BCUT2D eigenvalue weighted by atomic mass is 9.94. The number of fused-ring (bicyclic) bond motifs is 5. The average Bonchev–Trinajstić information content (AvgIpc) is 0.742. The summed E-state index contributed by atoms with van der Waals surface area (Å²) >= 11 is 0. The van der Waals surface area contributed by atoms with Crippen LogP contribution in [0.15, 0.2) is 121 Å². The summed E-state index contributed by atoms with van der Waals surface area (Å²) in [6.45, 7) is 12.1. The van der Waals surface area contributed by atoms with Gasteiger partial charge in [-0.05, 0) is 63.8 Å². The molecule has 0 unspecified atom stereocenters. The molecule has 4 aromatic carbocycles. The Morgan fingerprint density at radius 2 is 0.661 bits per heavy atom. The van der Waals surface area contributed by atoms with E-state index in [1.165, 1.54) is 56.5 Å². The fraction of sp³-hybridized carbons (Fsp3) is 0.649. The molecule has 0 saturated carbocycles. The van der Waals surface area contributed by atoms with Gasteiger partial charge in [0.25, 0.3) is 0 Å². The Bertz CT molecular complexity index is 3500. The quantitative estimate of drug-likeness (QED) is 0.0520. The number of hydrogen-bond acceptors (Lipinski definition) is 34. The maximum Gasteiger partial charge on any atom is 0.400 e. The third-order valence-electron chi connectivity index (χ3n) is 20.1. The Balaban J connectivity index is 0.000000180. The van der Waals surface area contributed by atoms with Crippen LogP contribution in [0, 0.1) is 0 Å². The van der Waals surface area contributed by atoms with E-state index in [1.54, 1.807) is 41.5 Å². The first-order valence-corrected chi connectivity index (χ1v) is 36.5. The van der Waals surface area contributed by atoms with Crippen molar-refractivity contribution in [2.24, 2.45) is 0 Å². The molecule has 0 radical (unpaired) electrons. The van der Waals surface area contributed by atoms with Gasteiger partial charge in [-0.15, -0.1) is 0 Å². The molecule has 12 rings (SSSR count). The number of benzene rings is 4. The minimum atomic E-state index is -4.18. The van der Waals surface area contributed by atoms with Gasteiger partial charge in [-0.2, -0.15) is 8.42 Å². The topological polar surface area (TPSA) is 433 Å². The van der Waals surface area contributed by atoms with Crippen LogP contribution in [0.2, 0.25) is 0 Å². The van der Waals surface area contributed by atoms with Crippen molar-refractivity contribution in [1.29, 1.82) is 0 Å². The minimum Gasteiger partial charge on any atom is -0.394 e. The second-order valence-electron chi connectivity index (χ2n) is 27.1. The van der Waals surface area contributed by atoms with Crippen molar-refractivity contribution in [3.8, 4) is 0 Å². The molecule has 35 heteroatoms. The molecule has 8 aliphatic rings. The zero-order chi connectivity index (χ0) is 79.9. The first-order chi connectivity index (χ1) is 51.7. The Kier molecular flexibility index (Phi) is 32.3. The molecule has 8 fully saturated rings. The number of methoxy groups -OCH3 is 6. The summed E-state index contributed by atoms with van der Waals surface area (Å²) in [5.41, 5.74) is 3.72. The summed E-state index contributed by atoms with van der Waals surface area (Å²) in [5.74, 6) is -8.48. The Morgan fingerprint density at radius 3 is 1.03 bits per heavy atom. The van der Waals surface area contributed by atoms with E-state index >= 15 is 0 Å². The predicted molar refractivity (Wildman–Crippen MR) is 374 cm³/mol. The molecular weight excluding hydrogens is 1460 g/mol. The van der Waals surface area contributed by atoms with Crippen molar-refractivity contribution < 1.29 is 162 Å². The lowest BCUT2D eigenvalue weighted by molar-refractivity contribution is -0.484. The predicted octanol–water partition coefficient (Wildman–Crippen LogP) is 1.85. The number of ether oxygens (including phenoxy) is 20. The number of aliphatic hydroxyl groups is 8. The number of carbonyl (C=O) groups excluding carboxylic acids is 2. The van der Waals surface area contributed by atoms with E-state index in [0.717, 1.165) is 22.3 Å². The highest BCUT2D eigenvalue weighted by atomic mass is 32.3. The van der Waals surface area contributed by atoms with Gasteiger partial charge < -0.3 is 136 Å². The average molecular weight is 1570 g/mol. The van der Waals surface area contributed by atoms with Gasteiger partial charge in [0.05, 0.1) is 52.9 Å². The van der Waals surface area contributed by atoms with Crippen molar-refractivity contribution in [2.45, 2.75) is 239 Å². The maximum absolute atomic E-state index is 11.9. The first kappa shape index (κ1) is 89.5. The van der Waals surface area contributed by atoms with E-state index in [1.807, 2.05) is 121 Å². The standard InChI is InChI=1S/C19H26O10S.2C19H28O8.C13H18O6.C4H6O2/c1-18(22-3)19(2,23-4)28-16-15(27-18)14-13(11-25-30(20,21)29-14)26-17(16)24-10-12-8-6-5-7-9-12;1-18(22-3)19(2,23-4)27-16-14(21)17(25-13(10-20)15(16)26-18)24-11-12-8-6-5-7-9-12;1-18(22-3)19(2,23-4)27-16-15(26-18)14(21)13(10-20)25-17(16)24-11-12-8-6-5-7-9-12;14-6-9-10(15)11(16)12(17)13(19-9)18-7-8-4-2-1-3-5-8;1-3(5)4(2)6/h5-9,13-17H,10-11H2,1-4H3;2*5-9,13-17,20-21H,10-11H2,1-4H3;1-5,9-17H,6-7H2;1-2H3/t13-,14-,15+,16-,17-,18-,19-;13-,14-,15-,16-,17-,18+,19+;13-,14-,15+,16-,17-,18-,19-;9-,10-,11+,12-,13-;/m1111./s1. The van der Waals surface area contributed by atoms with Crippen LogP contribution in [0.25, 0.3) is 0 Å². The molecule has 8 N–H and O–H groups in total. The van der Waals surface area contributed by atoms with Crippen molar-refractivity contribution in [1.82, 2.24) is 0 Å². The molecule has 34 nitrogen and oxygen atoms in total. The summed E-state index contributed by atoms with van der Waals surface area (Å²) in [5, 5.41) is 78.8. The highest BCUT2D eigenvalue weighted by Crippen LogP contribution is 2.48. The van der Waals surface area contributed by atoms with Gasteiger partial charge >= 0.3 is 10.4 Å². The second-order valence-corrected chi connectivity index (χ2v) is 28.4. The van der Waals surface area contributed by atoms with E-state index in [4.69, 9.17) is 108 Å². The van der Waals surface area contributed by atoms with Gasteiger partial charge in [-0.3, -0.25) is 9.59 Å². The molecular formula is C74H106O34S. The van der Waals surface area contributed by atoms with Crippen molar-refractivity contribution in [3.05, 3.63) is 144 Å². The van der Waals surface area contributed by atoms with Crippen LogP contribution >= 0.6 is 0 Å². The van der Waals surface area contributed by atoms with Crippen LogP contribution in [0.4, 0.5) is 0 Å². The molecule has 0 amide bonds. The maximum atomic E-state index is 11.9. The number of Topliss-reactive ketones (excluding diaryl/α,β-unsaturated/α-hetero) is 2. The summed E-state index contributed by atoms with van der Waals surface area (Å²) in [6, 6.07) is 38.0. The van der Waals surface area contributed by atoms with Crippen molar-refractivity contribution in [2.75, 3.05) is 69.1 Å². The highest BCUT2D eigenvalue weighted by molar-refractivity contribution is 7.81. The molecule has 109 heavy (non-hydrogen) atoms. The lowest BCUT2D eigenvalue weighted by Gasteiger charge is -2.57. The molecule has 8 aliphatic heterocycles. The molecule has 612 valence electrons. The summed E-state index contributed by atoms with van der Waals surface area (Å²) in [7, 11) is 4.63. The first-order valence-electron chi connectivity index (χ1n) is 35.2. The largest absolute Gasteiger partial charge is 0.400 e. The van der Waals surface area contributed by atoms with Gasteiger partial charge in [0, 0.05) is 56.5 Å². The molecule has 4 aromatic rings. The number of ketones is 2. The number of hydrogen-bond donors (Lipinski definition) is 8. The lowest BCUT2D eigenvalue weighted by Crippen LogP contribution is -2.74. The van der Waals surface area contributed by atoms with E-state index in [2.05, 4.69) is 0 Å². The number of carbonyl (C=O) groups is 2. The van der Waals surface area contributed by atoms with Crippen LogP contribution in [0.3, 0.4) is 0 Å². The van der Waals surface area contributed by atoms with Gasteiger partial charge in [-0.1, -0.05) is 121 Å². The zero-order valence-corrected chi connectivity index (χ0v) is 64.2. The summed E-state index contributed by atoms with van der Waals surface area (Å²) < 4.78 is 149. The third kappa shape index (κ3) is 21.1. The monoisotopic (exact) mass is 1570 g/mol. The van der Waals surface area contributed by atoms with E-state index in [-0.39, 0.29) is 57.8 Å². The van der Waals surface area contributed by atoms with Crippen LogP contribution < -0.4 is 0 Å². The molecule has 8 saturated heterocycles. The second kappa shape index (κ2) is 39.3. The number of rotatable bonds is 22. The van der Waals surface area contributed by atoms with Crippen LogP contribution in [-0.4, -0.2) is 287 Å². The van der Waals surface area contributed by atoms with E-state index in [0.29, 0.717) is 0 Å². The smallest absolute Gasteiger partial charge is 0.394 e. The van der Waals surface area contributed by atoms with E-state index < -0.39 is 175 Å². The molecule has 0 aromatic heterocycles. The highest BCUT2D eigenvalue weighted by Gasteiger charge is 2.67. The Labute approximate surface area is 633 Å². The Hall–Kier alpha value is -5.03. The van der Waals surface area contributed by atoms with Crippen molar-refractivity contribution >= 4 is 22.0 Å².